The molecule has 0 saturated carbocycles. The minimum atomic E-state index is -0.559. The third-order valence-electron chi connectivity index (χ3n) is 2.83. The lowest BCUT2D eigenvalue weighted by atomic mass is 10.2. The Morgan fingerprint density at radius 1 is 1.38 bits per heavy atom. The van der Waals surface area contributed by atoms with Crippen LogP contribution in [0.15, 0.2) is 36.4 Å². The van der Waals surface area contributed by atoms with Gasteiger partial charge >= 0.3 is 0 Å². The number of hydrogen-bond acceptors (Lipinski definition) is 4. The standard InChI is InChI=1S/C14H12ClFN2O3/c1-21-11-6-9(5-10(7-11)18(19)20)8-17-13-4-2-3-12(15)14(13)16/h2-7,17H,8H2,1H3. The third kappa shape index (κ3) is 3.61. The maximum absolute atomic E-state index is 13.7. The number of non-ortho nitro benzene ring substituents is 1. The van der Waals surface area contributed by atoms with Gasteiger partial charge in [-0.25, -0.2) is 4.39 Å². The fraction of sp³-hybridized carbons (Fsp3) is 0.143. The van der Waals surface area contributed by atoms with Crippen LogP contribution in [0, 0.1) is 15.9 Å². The molecule has 21 heavy (non-hydrogen) atoms. The summed E-state index contributed by atoms with van der Waals surface area (Å²) in [4.78, 5) is 10.3. The number of nitrogens with one attached hydrogen (secondary N) is 1. The van der Waals surface area contributed by atoms with E-state index in [1.165, 1.54) is 31.4 Å². The van der Waals surface area contributed by atoms with E-state index in [-0.39, 0.29) is 22.9 Å². The second-order valence-corrected chi connectivity index (χ2v) is 4.66. The maximum Gasteiger partial charge on any atom is 0.273 e. The summed E-state index contributed by atoms with van der Waals surface area (Å²) in [5.74, 6) is -0.191. The highest BCUT2D eigenvalue weighted by molar-refractivity contribution is 6.31. The van der Waals surface area contributed by atoms with Crippen molar-refractivity contribution in [3.63, 3.8) is 0 Å². The van der Waals surface area contributed by atoms with Gasteiger partial charge in [0.2, 0.25) is 0 Å². The lowest BCUT2D eigenvalue weighted by Gasteiger charge is -2.09. The normalized spacial score (nSPS) is 10.2. The number of nitro groups is 1. The van der Waals surface area contributed by atoms with Crippen LogP contribution in [0.2, 0.25) is 5.02 Å². The first kappa shape index (κ1) is 15.1. The average molecular weight is 311 g/mol. The van der Waals surface area contributed by atoms with Crippen LogP contribution < -0.4 is 10.1 Å². The maximum atomic E-state index is 13.7. The first-order valence-electron chi connectivity index (χ1n) is 6.01. The van der Waals surface area contributed by atoms with Crippen LogP contribution >= 0.6 is 11.6 Å². The van der Waals surface area contributed by atoms with Gasteiger partial charge in [0.05, 0.1) is 28.8 Å². The molecule has 0 spiro atoms. The zero-order chi connectivity index (χ0) is 15.4. The average Bonchev–Trinajstić information content (AvgIpc) is 2.48. The fourth-order valence-electron chi connectivity index (χ4n) is 1.81. The number of nitro benzene ring substituents is 1. The molecule has 7 heteroatoms. The van der Waals surface area contributed by atoms with Crippen LogP contribution in [0.5, 0.6) is 5.75 Å². The van der Waals surface area contributed by atoms with Crippen LogP contribution in [-0.2, 0) is 6.54 Å². The summed E-state index contributed by atoms with van der Waals surface area (Å²) in [5.41, 5.74) is 0.742. The molecule has 0 radical (unpaired) electrons. The van der Waals surface area contributed by atoms with Gasteiger partial charge in [0.15, 0.2) is 5.82 Å². The van der Waals surface area contributed by atoms with E-state index >= 15 is 0 Å². The largest absolute Gasteiger partial charge is 0.496 e. The highest BCUT2D eigenvalue weighted by Crippen LogP contribution is 2.25. The first-order valence-corrected chi connectivity index (χ1v) is 6.39. The molecule has 0 aliphatic carbocycles. The highest BCUT2D eigenvalue weighted by Gasteiger charge is 2.11. The Morgan fingerprint density at radius 3 is 2.81 bits per heavy atom. The van der Waals surface area contributed by atoms with Crippen molar-refractivity contribution in [3.8, 4) is 5.75 Å². The van der Waals surface area contributed by atoms with E-state index in [2.05, 4.69) is 5.32 Å². The predicted molar refractivity (Wildman–Crippen MR) is 78.4 cm³/mol. The number of methoxy groups -OCH3 is 1. The van der Waals surface area contributed by atoms with E-state index in [1.54, 1.807) is 12.1 Å². The number of anilines is 1. The Labute approximate surface area is 125 Å². The predicted octanol–water partition coefficient (Wildman–Crippen LogP) is 4.01. The monoisotopic (exact) mass is 310 g/mol. The van der Waals surface area contributed by atoms with Crippen molar-refractivity contribution < 1.29 is 14.1 Å². The molecular formula is C14H12ClFN2O3. The molecule has 2 rings (SSSR count). The fourth-order valence-corrected chi connectivity index (χ4v) is 1.98. The van der Waals surface area contributed by atoms with Crippen molar-refractivity contribution >= 4 is 23.0 Å². The van der Waals surface area contributed by atoms with Gasteiger partial charge in [0.1, 0.15) is 5.75 Å². The highest BCUT2D eigenvalue weighted by atomic mass is 35.5. The Bertz CT molecular complexity index is 679. The molecule has 0 bridgehead atoms. The molecule has 0 aliphatic rings. The molecule has 0 heterocycles. The number of rotatable bonds is 5. The smallest absolute Gasteiger partial charge is 0.273 e. The number of nitrogens with zero attached hydrogens (tertiary/aromatic N) is 1. The Morgan fingerprint density at radius 2 is 2.14 bits per heavy atom. The third-order valence-corrected chi connectivity index (χ3v) is 3.12. The zero-order valence-corrected chi connectivity index (χ0v) is 11.9. The summed E-state index contributed by atoms with van der Waals surface area (Å²) in [7, 11) is 1.42. The van der Waals surface area contributed by atoms with Gasteiger partial charge < -0.3 is 10.1 Å². The minimum absolute atomic E-state index is 0.0108. The van der Waals surface area contributed by atoms with E-state index < -0.39 is 10.7 Å². The summed E-state index contributed by atoms with van der Waals surface area (Å²) in [6.07, 6.45) is 0. The summed E-state index contributed by atoms with van der Waals surface area (Å²) >= 11 is 5.69. The number of halogens is 2. The Balaban J connectivity index is 2.21. The zero-order valence-electron chi connectivity index (χ0n) is 11.1. The lowest BCUT2D eigenvalue weighted by Crippen LogP contribution is -2.03. The van der Waals surface area contributed by atoms with Crippen molar-refractivity contribution in [1.29, 1.82) is 0 Å². The molecule has 0 unspecified atom stereocenters. The molecule has 5 nitrogen and oxygen atoms in total. The molecule has 0 aliphatic heterocycles. The molecular weight excluding hydrogens is 299 g/mol. The molecule has 1 N–H and O–H groups in total. The van der Waals surface area contributed by atoms with E-state index in [0.29, 0.717) is 11.3 Å². The second-order valence-electron chi connectivity index (χ2n) is 4.25. The van der Waals surface area contributed by atoms with Gasteiger partial charge in [-0.15, -0.1) is 0 Å². The van der Waals surface area contributed by atoms with E-state index in [1.807, 2.05) is 0 Å². The van der Waals surface area contributed by atoms with Crippen molar-refractivity contribution in [2.24, 2.45) is 0 Å². The van der Waals surface area contributed by atoms with Gasteiger partial charge in [-0.3, -0.25) is 10.1 Å². The van der Waals surface area contributed by atoms with E-state index in [9.17, 15) is 14.5 Å². The second kappa shape index (κ2) is 6.41. The Kier molecular flexibility index (Phi) is 4.59. The Hall–Kier alpha value is -2.34. The van der Waals surface area contributed by atoms with Crippen LogP contribution in [0.4, 0.5) is 15.8 Å². The summed E-state index contributed by atoms with van der Waals surface area (Å²) in [6.45, 7) is 0.204. The van der Waals surface area contributed by atoms with Crippen LogP contribution in [-0.4, -0.2) is 12.0 Å². The molecule has 2 aromatic carbocycles. The summed E-state index contributed by atoms with van der Waals surface area (Å²) in [5, 5.41) is 13.7. The van der Waals surface area contributed by atoms with E-state index in [0.717, 1.165) is 0 Å². The van der Waals surface area contributed by atoms with Crippen LogP contribution in [0.25, 0.3) is 0 Å². The van der Waals surface area contributed by atoms with Gasteiger partial charge in [0, 0.05) is 12.6 Å². The minimum Gasteiger partial charge on any atom is -0.496 e. The summed E-state index contributed by atoms with van der Waals surface area (Å²) in [6, 6.07) is 8.96. The first-order chi connectivity index (χ1) is 10.0. The van der Waals surface area contributed by atoms with Gasteiger partial charge in [-0.1, -0.05) is 17.7 Å². The molecule has 0 saturated heterocycles. The van der Waals surface area contributed by atoms with Crippen LogP contribution in [0.1, 0.15) is 5.56 Å². The van der Waals surface area contributed by atoms with Crippen molar-refractivity contribution in [2.45, 2.75) is 6.54 Å². The molecule has 0 fully saturated rings. The number of ether oxygens (including phenoxy) is 1. The molecule has 0 atom stereocenters. The molecule has 110 valence electrons. The van der Waals surface area contributed by atoms with Gasteiger partial charge in [-0.05, 0) is 23.8 Å². The van der Waals surface area contributed by atoms with Gasteiger partial charge in [-0.2, -0.15) is 0 Å². The van der Waals surface area contributed by atoms with Crippen molar-refractivity contribution in [1.82, 2.24) is 0 Å². The number of hydrogen-bond donors (Lipinski definition) is 1. The molecule has 0 aromatic heterocycles. The number of benzene rings is 2. The molecule has 2 aromatic rings. The molecule has 0 amide bonds. The van der Waals surface area contributed by atoms with E-state index in [4.69, 9.17) is 16.3 Å². The van der Waals surface area contributed by atoms with Crippen LogP contribution in [0.3, 0.4) is 0 Å². The quantitative estimate of drug-likeness (QED) is 0.669. The van der Waals surface area contributed by atoms with Gasteiger partial charge in [0.25, 0.3) is 5.69 Å². The topological polar surface area (TPSA) is 64.4 Å². The van der Waals surface area contributed by atoms with Crippen molar-refractivity contribution in [3.05, 3.63) is 62.9 Å². The summed E-state index contributed by atoms with van der Waals surface area (Å²) < 4.78 is 18.7. The SMILES string of the molecule is COc1cc(CNc2cccc(Cl)c2F)cc([N+](=O)[O-])c1. The van der Waals surface area contributed by atoms with Crippen molar-refractivity contribution in [2.75, 3.05) is 12.4 Å². The lowest BCUT2D eigenvalue weighted by molar-refractivity contribution is -0.385.